The van der Waals surface area contributed by atoms with Crippen LogP contribution in [-0.4, -0.2) is 27.8 Å². The van der Waals surface area contributed by atoms with Crippen LogP contribution in [0.1, 0.15) is 17.5 Å². The molecule has 0 spiro atoms. The highest BCUT2D eigenvalue weighted by molar-refractivity contribution is 5.84. The number of ether oxygens (including phenoxy) is 1. The van der Waals surface area contributed by atoms with Gasteiger partial charge in [0.2, 0.25) is 5.82 Å². The lowest BCUT2D eigenvalue weighted by Crippen LogP contribution is -2.08. The number of rotatable bonds is 2. The maximum absolute atomic E-state index is 10.8. The molecule has 11 heavy (non-hydrogen) atoms. The molecule has 2 N–H and O–H groups in total. The summed E-state index contributed by atoms with van der Waals surface area (Å²) in [7, 11) is 0. The van der Waals surface area contributed by atoms with Crippen molar-refractivity contribution in [3.63, 3.8) is 0 Å². The van der Waals surface area contributed by atoms with Crippen molar-refractivity contribution >= 4 is 5.97 Å². The molecule has 0 aliphatic rings. The molecule has 0 aliphatic carbocycles. The SMILES string of the molecule is CCOC(=O)c1n[nH]c(=O)[nH]1. The number of aromatic amines is 2. The Morgan fingerprint density at radius 3 is 2.91 bits per heavy atom. The third-order valence-electron chi connectivity index (χ3n) is 0.970. The fourth-order valence-electron chi connectivity index (χ4n) is 0.566. The molecule has 6 heteroatoms. The van der Waals surface area contributed by atoms with Crippen molar-refractivity contribution in [2.75, 3.05) is 6.61 Å². The summed E-state index contributed by atoms with van der Waals surface area (Å²) in [5, 5.41) is 5.41. The highest BCUT2D eigenvalue weighted by Crippen LogP contribution is 1.86. The minimum atomic E-state index is -0.633. The van der Waals surface area contributed by atoms with Gasteiger partial charge in [0, 0.05) is 0 Å². The number of hydrogen-bond acceptors (Lipinski definition) is 4. The van der Waals surface area contributed by atoms with Gasteiger partial charge in [0.25, 0.3) is 0 Å². The minimum Gasteiger partial charge on any atom is -0.460 e. The lowest BCUT2D eigenvalue weighted by Gasteiger charge is -1.94. The van der Waals surface area contributed by atoms with E-state index in [1.54, 1.807) is 6.92 Å². The van der Waals surface area contributed by atoms with Crippen LogP contribution in [0.25, 0.3) is 0 Å². The van der Waals surface area contributed by atoms with E-state index in [-0.39, 0.29) is 12.4 Å². The van der Waals surface area contributed by atoms with Crippen LogP contribution in [0.3, 0.4) is 0 Å². The van der Waals surface area contributed by atoms with Crippen molar-refractivity contribution in [1.29, 1.82) is 0 Å². The first-order valence-corrected chi connectivity index (χ1v) is 3.06. The van der Waals surface area contributed by atoms with E-state index in [4.69, 9.17) is 0 Å². The van der Waals surface area contributed by atoms with Crippen LogP contribution in [0.5, 0.6) is 0 Å². The topological polar surface area (TPSA) is 87.8 Å². The Morgan fingerprint density at radius 1 is 1.73 bits per heavy atom. The fraction of sp³-hybridized carbons (Fsp3) is 0.400. The molecule has 0 saturated heterocycles. The average Bonchev–Trinajstić information content (AvgIpc) is 2.36. The van der Waals surface area contributed by atoms with Crippen molar-refractivity contribution < 1.29 is 9.53 Å². The average molecular weight is 157 g/mol. The van der Waals surface area contributed by atoms with E-state index in [0.717, 1.165) is 0 Å². The van der Waals surface area contributed by atoms with Crippen molar-refractivity contribution in [2.24, 2.45) is 0 Å². The Kier molecular flexibility index (Phi) is 2.05. The molecule has 1 aromatic rings. The summed E-state index contributed by atoms with van der Waals surface area (Å²) >= 11 is 0. The second-order valence-electron chi connectivity index (χ2n) is 1.75. The van der Waals surface area contributed by atoms with Crippen molar-refractivity contribution in [1.82, 2.24) is 15.2 Å². The first kappa shape index (κ1) is 7.52. The largest absolute Gasteiger partial charge is 0.460 e. The van der Waals surface area contributed by atoms with Gasteiger partial charge < -0.3 is 4.74 Å². The predicted octanol–water partition coefficient (Wildman–Crippen LogP) is -0.725. The van der Waals surface area contributed by atoms with Crippen LogP contribution >= 0.6 is 0 Å². The number of esters is 1. The number of hydrogen-bond donors (Lipinski definition) is 2. The Labute approximate surface area is 61.6 Å². The van der Waals surface area contributed by atoms with Gasteiger partial charge in [-0.2, -0.15) is 0 Å². The molecule has 0 radical (unpaired) electrons. The summed E-state index contributed by atoms with van der Waals surface area (Å²) in [4.78, 5) is 23.4. The molecule has 1 rings (SSSR count). The first-order chi connectivity index (χ1) is 5.24. The van der Waals surface area contributed by atoms with Gasteiger partial charge in [0.05, 0.1) is 6.61 Å². The molecule has 0 bridgehead atoms. The predicted molar refractivity (Wildman–Crippen MR) is 35.2 cm³/mol. The standard InChI is InChI=1S/C5H7N3O3/c1-2-11-4(9)3-6-5(10)8-7-3/h2H2,1H3,(H2,6,7,8,10). The van der Waals surface area contributed by atoms with Gasteiger partial charge in [-0.3, -0.25) is 4.98 Å². The normalized spacial score (nSPS) is 9.55. The summed E-state index contributed by atoms with van der Waals surface area (Å²) in [5.74, 6) is -0.734. The Morgan fingerprint density at radius 2 is 2.45 bits per heavy atom. The van der Waals surface area contributed by atoms with Gasteiger partial charge in [0.1, 0.15) is 0 Å². The van der Waals surface area contributed by atoms with Crippen molar-refractivity contribution in [2.45, 2.75) is 6.92 Å². The van der Waals surface area contributed by atoms with Gasteiger partial charge in [0.15, 0.2) is 0 Å². The molecule has 0 aromatic carbocycles. The summed E-state index contributed by atoms with van der Waals surface area (Å²) in [6, 6.07) is 0. The molecule has 1 aromatic heterocycles. The molecule has 0 atom stereocenters. The second-order valence-corrected chi connectivity index (χ2v) is 1.75. The highest BCUT2D eigenvalue weighted by Gasteiger charge is 2.09. The molecule has 0 aliphatic heterocycles. The summed E-state index contributed by atoms with van der Waals surface area (Å²) in [5.41, 5.74) is -0.520. The first-order valence-electron chi connectivity index (χ1n) is 3.06. The number of carbonyl (C=O) groups is 1. The Balaban J connectivity index is 2.76. The van der Waals surface area contributed by atoms with Gasteiger partial charge in [-0.05, 0) is 6.92 Å². The van der Waals surface area contributed by atoms with Crippen LogP contribution in [0.4, 0.5) is 0 Å². The zero-order valence-electron chi connectivity index (χ0n) is 5.88. The molecule has 1 heterocycles. The maximum Gasteiger partial charge on any atom is 0.376 e. The Bertz CT molecular complexity index is 300. The molecule has 0 unspecified atom stereocenters. The smallest absolute Gasteiger partial charge is 0.376 e. The van der Waals surface area contributed by atoms with E-state index in [1.165, 1.54) is 0 Å². The van der Waals surface area contributed by atoms with Crippen LogP contribution < -0.4 is 5.69 Å². The fourth-order valence-corrected chi connectivity index (χ4v) is 0.566. The lowest BCUT2D eigenvalue weighted by atomic mass is 10.6. The van der Waals surface area contributed by atoms with Gasteiger partial charge >= 0.3 is 11.7 Å². The molecule has 0 fully saturated rings. The number of nitrogens with zero attached hydrogens (tertiary/aromatic N) is 1. The summed E-state index contributed by atoms with van der Waals surface area (Å²) < 4.78 is 4.55. The van der Waals surface area contributed by atoms with Gasteiger partial charge in [-0.25, -0.2) is 14.7 Å². The maximum atomic E-state index is 10.8. The quantitative estimate of drug-likeness (QED) is 0.554. The van der Waals surface area contributed by atoms with Crippen LogP contribution in [0.15, 0.2) is 4.79 Å². The van der Waals surface area contributed by atoms with Crippen LogP contribution in [0.2, 0.25) is 0 Å². The molecule has 0 saturated carbocycles. The molecular weight excluding hydrogens is 150 g/mol. The van der Waals surface area contributed by atoms with Crippen molar-refractivity contribution in [3.05, 3.63) is 16.3 Å². The monoisotopic (exact) mass is 157 g/mol. The molecular formula is C5H7N3O3. The molecule has 60 valence electrons. The number of aromatic nitrogens is 3. The number of carbonyl (C=O) groups excluding carboxylic acids is 1. The van der Waals surface area contributed by atoms with E-state index in [2.05, 4.69) is 14.8 Å². The molecule has 6 nitrogen and oxygen atoms in total. The molecule has 0 amide bonds. The lowest BCUT2D eigenvalue weighted by molar-refractivity contribution is 0.0512. The number of H-pyrrole nitrogens is 2. The zero-order chi connectivity index (χ0) is 8.27. The van der Waals surface area contributed by atoms with E-state index in [9.17, 15) is 9.59 Å². The van der Waals surface area contributed by atoms with Crippen molar-refractivity contribution in [3.8, 4) is 0 Å². The van der Waals surface area contributed by atoms with E-state index >= 15 is 0 Å². The highest BCUT2D eigenvalue weighted by atomic mass is 16.5. The Hall–Kier alpha value is -1.59. The van der Waals surface area contributed by atoms with E-state index in [1.807, 2.05) is 5.10 Å². The second kappa shape index (κ2) is 3.00. The third kappa shape index (κ3) is 1.66. The van der Waals surface area contributed by atoms with Crippen LogP contribution in [-0.2, 0) is 4.74 Å². The van der Waals surface area contributed by atoms with E-state index < -0.39 is 11.7 Å². The summed E-state index contributed by atoms with van der Waals surface area (Å²) in [6.45, 7) is 1.93. The summed E-state index contributed by atoms with van der Waals surface area (Å²) in [6.07, 6.45) is 0. The van der Waals surface area contributed by atoms with Crippen LogP contribution in [0, 0.1) is 0 Å². The zero-order valence-corrected chi connectivity index (χ0v) is 5.88. The minimum absolute atomic E-state index is 0.100. The third-order valence-corrected chi connectivity index (χ3v) is 0.970. The number of nitrogens with one attached hydrogen (secondary N) is 2. The van der Waals surface area contributed by atoms with Gasteiger partial charge in [-0.1, -0.05) is 0 Å². The van der Waals surface area contributed by atoms with Gasteiger partial charge in [-0.15, -0.1) is 5.10 Å². The van der Waals surface area contributed by atoms with E-state index in [0.29, 0.717) is 0 Å².